The maximum absolute atomic E-state index is 6.01. The second-order valence-electron chi connectivity index (χ2n) is 3.56. The van der Waals surface area contributed by atoms with Crippen molar-refractivity contribution in [3.63, 3.8) is 0 Å². The molecule has 0 fully saturated rings. The average molecular weight is 345 g/mol. The molecule has 0 saturated carbocycles. The first-order chi connectivity index (χ1) is 8.61. The summed E-state index contributed by atoms with van der Waals surface area (Å²) in [6.45, 7) is 0. The van der Waals surface area contributed by atoms with Crippen LogP contribution < -0.4 is 10.5 Å². The van der Waals surface area contributed by atoms with Gasteiger partial charge < -0.3 is 10.5 Å². The SMILES string of the molecule is COc1cc(Sc2ccccc2Br)c(N)cc1Cl. The highest BCUT2D eigenvalue weighted by Crippen LogP contribution is 2.40. The quantitative estimate of drug-likeness (QED) is 0.809. The standard InChI is InChI=1S/C13H11BrClNOS/c1-17-11-7-13(10(16)6-9(11)15)18-12-5-3-2-4-8(12)14/h2-7H,16H2,1H3. The van der Waals surface area contributed by atoms with E-state index >= 15 is 0 Å². The molecule has 0 atom stereocenters. The number of nitrogen functional groups attached to an aromatic ring is 1. The van der Waals surface area contributed by atoms with Crippen LogP contribution >= 0.6 is 39.3 Å². The van der Waals surface area contributed by atoms with Crippen LogP contribution in [0.2, 0.25) is 5.02 Å². The topological polar surface area (TPSA) is 35.2 Å². The minimum absolute atomic E-state index is 0.520. The molecule has 0 aliphatic rings. The van der Waals surface area contributed by atoms with Gasteiger partial charge in [0, 0.05) is 20.0 Å². The highest BCUT2D eigenvalue weighted by Gasteiger charge is 2.09. The number of methoxy groups -OCH3 is 1. The van der Waals surface area contributed by atoms with Crippen molar-refractivity contribution in [2.75, 3.05) is 12.8 Å². The third-order valence-corrected chi connectivity index (χ3v) is 4.74. The Morgan fingerprint density at radius 3 is 2.61 bits per heavy atom. The lowest BCUT2D eigenvalue weighted by atomic mass is 10.3. The van der Waals surface area contributed by atoms with Crippen LogP contribution in [-0.2, 0) is 0 Å². The molecule has 2 aromatic carbocycles. The van der Waals surface area contributed by atoms with Gasteiger partial charge in [0.25, 0.3) is 0 Å². The van der Waals surface area contributed by atoms with E-state index in [9.17, 15) is 0 Å². The predicted molar refractivity (Wildman–Crippen MR) is 80.7 cm³/mol. The first-order valence-electron chi connectivity index (χ1n) is 5.17. The van der Waals surface area contributed by atoms with Crippen molar-refractivity contribution in [1.29, 1.82) is 0 Å². The summed E-state index contributed by atoms with van der Waals surface area (Å²) in [5, 5.41) is 0.520. The Labute approximate surface area is 124 Å². The van der Waals surface area contributed by atoms with Crippen LogP contribution in [0.25, 0.3) is 0 Å². The zero-order valence-corrected chi connectivity index (χ0v) is 12.8. The monoisotopic (exact) mass is 343 g/mol. The van der Waals surface area contributed by atoms with Gasteiger partial charge in [-0.25, -0.2) is 0 Å². The fraction of sp³-hybridized carbons (Fsp3) is 0.0769. The first-order valence-corrected chi connectivity index (χ1v) is 7.16. The number of rotatable bonds is 3. The van der Waals surface area contributed by atoms with E-state index in [1.54, 1.807) is 24.9 Å². The van der Waals surface area contributed by atoms with Crippen molar-refractivity contribution in [1.82, 2.24) is 0 Å². The number of ether oxygens (including phenoxy) is 1. The number of hydrogen-bond donors (Lipinski definition) is 1. The lowest BCUT2D eigenvalue weighted by molar-refractivity contribution is 0.414. The fourth-order valence-corrected chi connectivity index (χ4v) is 3.11. The van der Waals surface area contributed by atoms with Gasteiger partial charge in [0.05, 0.1) is 12.1 Å². The van der Waals surface area contributed by atoms with Crippen molar-refractivity contribution in [2.24, 2.45) is 0 Å². The molecule has 0 amide bonds. The zero-order chi connectivity index (χ0) is 13.1. The molecule has 0 radical (unpaired) electrons. The van der Waals surface area contributed by atoms with Gasteiger partial charge in [-0.2, -0.15) is 0 Å². The molecule has 18 heavy (non-hydrogen) atoms. The lowest BCUT2D eigenvalue weighted by Crippen LogP contribution is -1.92. The van der Waals surface area contributed by atoms with E-state index in [0.717, 1.165) is 14.3 Å². The number of benzene rings is 2. The molecule has 0 spiro atoms. The molecule has 2 nitrogen and oxygen atoms in total. The molecular weight excluding hydrogens is 334 g/mol. The molecule has 0 aliphatic carbocycles. The molecule has 2 N–H and O–H groups in total. The van der Waals surface area contributed by atoms with Crippen molar-refractivity contribution in [3.05, 3.63) is 45.9 Å². The second-order valence-corrected chi connectivity index (χ2v) is 5.90. The van der Waals surface area contributed by atoms with Crippen molar-refractivity contribution in [3.8, 4) is 5.75 Å². The summed E-state index contributed by atoms with van der Waals surface area (Å²) in [5.74, 6) is 0.625. The largest absolute Gasteiger partial charge is 0.495 e. The maximum atomic E-state index is 6.01. The summed E-state index contributed by atoms with van der Waals surface area (Å²) < 4.78 is 6.23. The van der Waals surface area contributed by atoms with E-state index in [1.165, 1.54) is 0 Å². The average Bonchev–Trinajstić information content (AvgIpc) is 2.35. The first kappa shape index (κ1) is 13.6. The second kappa shape index (κ2) is 5.87. The van der Waals surface area contributed by atoms with Crippen LogP contribution in [0.1, 0.15) is 0 Å². The van der Waals surface area contributed by atoms with Crippen LogP contribution in [0.5, 0.6) is 5.75 Å². The summed E-state index contributed by atoms with van der Waals surface area (Å²) in [5.41, 5.74) is 6.61. The van der Waals surface area contributed by atoms with Gasteiger partial charge in [-0.15, -0.1) is 0 Å². The Bertz CT molecular complexity index is 577. The summed E-state index contributed by atoms with van der Waals surface area (Å²) in [7, 11) is 1.59. The van der Waals surface area contributed by atoms with E-state index in [-0.39, 0.29) is 0 Å². The van der Waals surface area contributed by atoms with Gasteiger partial charge in [0.2, 0.25) is 0 Å². The summed E-state index contributed by atoms with van der Waals surface area (Å²) in [4.78, 5) is 2.01. The van der Waals surface area contributed by atoms with Gasteiger partial charge >= 0.3 is 0 Å². The van der Waals surface area contributed by atoms with Crippen molar-refractivity contribution in [2.45, 2.75) is 9.79 Å². The zero-order valence-electron chi connectivity index (χ0n) is 9.61. The molecule has 0 saturated heterocycles. The summed E-state index contributed by atoms with van der Waals surface area (Å²) in [6.07, 6.45) is 0. The summed E-state index contributed by atoms with van der Waals surface area (Å²) in [6, 6.07) is 11.5. The predicted octanol–water partition coefficient (Wildman–Crippen LogP) is 4.84. The molecule has 2 aromatic rings. The minimum atomic E-state index is 0.520. The van der Waals surface area contributed by atoms with Crippen molar-refractivity contribution >= 4 is 45.0 Å². The van der Waals surface area contributed by atoms with Crippen LogP contribution in [-0.4, -0.2) is 7.11 Å². The molecule has 2 rings (SSSR count). The molecule has 0 heterocycles. The van der Waals surface area contributed by atoms with E-state index < -0.39 is 0 Å². The molecule has 0 aromatic heterocycles. The highest BCUT2D eigenvalue weighted by atomic mass is 79.9. The van der Waals surface area contributed by atoms with Crippen LogP contribution in [0.15, 0.2) is 50.7 Å². The summed E-state index contributed by atoms with van der Waals surface area (Å²) >= 11 is 11.1. The number of hydrogen-bond acceptors (Lipinski definition) is 3. The third kappa shape index (κ3) is 2.94. The molecule has 0 aliphatic heterocycles. The number of nitrogens with two attached hydrogens (primary N) is 1. The lowest BCUT2D eigenvalue weighted by Gasteiger charge is -2.10. The Morgan fingerprint density at radius 2 is 1.94 bits per heavy atom. The Kier molecular flexibility index (Phi) is 4.43. The normalized spacial score (nSPS) is 10.4. The maximum Gasteiger partial charge on any atom is 0.138 e. The van der Waals surface area contributed by atoms with E-state index in [1.807, 2.05) is 30.3 Å². The molecule has 0 bridgehead atoms. The number of halogens is 2. The Hall–Kier alpha value is -0.840. The third-order valence-electron chi connectivity index (χ3n) is 2.34. The number of anilines is 1. The Morgan fingerprint density at radius 1 is 1.22 bits per heavy atom. The molecular formula is C13H11BrClNOS. The van der Waals surface area contributed by atoms with Crippen molar-refractivity contribution < 1.29 is 4.74 Å². The smallest absolute Gasteiger partial charge is 0.138 e. The van der Waals surface area contributed by atoms with Gasteiger partial charge in [0.1, 0.15) is 5.75 Å². The highest BCUT2D eigenvalue weighted by molar-refractivity contribution is 9.10. The molecule has 5 heteroatoms. The molecule has 94 valence electrons. The van der Waals surface area contributed by atoms with Crippen LogP contribution in [0.4, 0.5) is 5.69 Å². The van der Waals surface area contributed by atoms with Gasteiger partial charge in [-0.1, -0.05) is 35.5 Å². The van der Waals surface area contributed by atoms with Crippen LogP contribution in [0.3, 0.4) is 0 Å². The van der Waals surface area contributed by atoms with E-state index in [4.69, 9.17) is 22.1 Å². The fourth-order valence-electron chi connectivity index (χ4n) is 1.44. The van der Waals surface area contributed by atoms with Gasteiger partial charge in [0.15, 0.2) is 0 Å². The Balaban J connectivity index is 2.38. The molecule has 0 unspecified atom stereocenters. The van der Waals surface area contributed by atoms with Gasteiger partial charge in [-0.3, -0.25) is 0 Å². The van der Waals surface area contributed by atoms with E-state index in [0.29, 0.717) is 16.5 Å². The van der Waals surface area contributed by atoms with Crippen LogP contribution in [0, 0.1) is 0 Å². The minimum Gasteiger partial charge on any atom is -0.495 e. The van der Waals surface area contributed by atoms with E-state index in [2.05, 4.69) is 15.9 Å². The van der Waals surface area contributed by atoms with Gasteiger partial charge in [-0.05, 0) is 40.2 Å².